The lowest BCUT2D eigenvalue weighted by atomic mass is 10.1. The van der Waals surface area contributed by atoms with Crippen molar-refractivity contribution in [2.45, 2.75) is 19.3 Å². The molecule has 0 aliphatic heterocycles. The van der Waals surface area contributed by atoms with Crippen molar-refractivity contribution in [3.05, 3.63) is 34.3 Å². The van der Waals surface area contributed by atoms with Crippen molar-refractivity contribution >= 4 is 27.7 Å². The van der Waals surface area contributed by atoms with Crippen LogP contribution in [0.2, 0.25) is 0 Å². The summed E-state index contributed by atoms with van der Waals surface area (Å²) in [5.74, 6) is 0.410. The summed E-state index contributed by atoms with van der Waals surface area (Å²) in [6, 6.07) is 8.09. The molecule has 2 N–H and O–H groups in total. The molecule has 1 aromatic carbocycles. The van der Waals surface area contributed by atoms with Gasteiger partial charge in [0.2, 0.25) is 11.8 Å². The fourth-order valence-corrected chi connectivity index (χ4v) is 2.56. The third-order valence-corrected chi connectivity index (χ3v) is 3.70. The molecule has 0 spiro atoms. The second-order valence-electron chi connectivity index (χ2n) is 4.78. The van der Waals surface area contributed by atoms with Gasteiger partial charge in [0.05, 0.1) is 0 Å². The smallest absolute Gasteiger partial charge is 0.223 e. The van der Waals surface area contributed by atoms with Gasteiger partial charge in [-0.1, -0.05) is 28.1 Å². The summed E-state index contributed by atoms with van der Waals surface area (Å²) in [5, 5.41) is 5.50. The van der Waals surface area contributed by atoms with E-state index >= 15 is 0 Å². The van der Waals surface area contributed by atoms with Gasteiger partial charge in [-0.2, -0.15) is 0 Å². The van der Waals surface area contributed by atoms with Gasteiger partial charge in [0.15, 0.2) is 0 Å². The van der Waals surface area contributed by atoms with E-state index in [4.69, 9.17) is 0 Å². The molecule has 0 bridgehead atoms. The van der Waals surface area contributed by atoms with Gasteiger partial charge in [-0.3, -0.25) is 9.59 Å². The molecular formula is C14H17BrN2O2. The second-order valence-corrected chi connectivity index (χ2v) is 5.69. The number of carbonyl (C=O) groups excluding carboxylic acids is 2. The highest BCUT2D eigenvalue weighted by Gasteiger charge is 2.43. The van der Waals surface area contributed by atoms with Gasteiger partial charge >= 0.3 is 0 Å². The number of carbonyl (C=O) groups is 2. The number of hydrogen-bond donors (Lipinski definition) is 2. The summed E-state index contributed by atoms with van der Waals surface area (Å²) in [7, 11) is 0. The van der Waals surface area contributed by atoms with Crippen LogP contribution in [0.1, 0.15) is 24.8 Å². The van der Waals surface area contributed by atoms with E-state index in [0.717, 1.165) is 10.9 Å². The van der Waals surface area contributed by atoms with Gasteiger partial charge in [-0.05, 0) is 30.0 Å². The molecule has 0 unspecified atom stereocenters. The van der Waals surface area contributed by atoms with Gasteiger partial charge in [-0.25, -0.2) is 0 Å². The van der Waals surface area contributed by atoms with Gasteiger partial charge in [-0.15, -0.1) is 0 Å². The summed E-state index contributed by atoms with van der Waals surface area (Å²) < 4.78 is 1.04. The number of hydrogen-bond acceptors (Lipinski definition) is 2. The first kappa shape index (κ1) is 14.1. The molecular weight excluding hydrogens is 308 g/mol. The van der Waals surface area contributed by atoms with Crippen molar-refractivity contribution in [2.24, 2.45) is 5.92 Å². The Bertz CT molecular complexity index is 490. The summed E-state index contributed by atoms with van der Waals surface area (Å²) >= 11 is 3.44. The number of rotatable bonds is 5. The summed E-state index contributed by atoms with van der Waals surface area (Å²) in [6.07, 6.45) is 0.905. The van der Waals surface area contributed by atoms with E-state index in [1.165, 1.54) is 12.5 Å². The fourth-order valence-electron chi connectivity index (χ4n) is 2.15. The average Bonchev–Trinajstić information content (AvgIpc) is 3.14. The van der Waals surface area contributed by atoms with E-state index < -0.39 is 0 Å². The zero-order chi connectivity index (χ0) is 13.8. The second kappa shape index (κ2) is 6.19. The molecule has 2 atom stereocenters. The molecule has 2 rings (SSSR count). The van der Waals surface area contributed by atoms with E-state index in [1.54, 1.807) is 0 Å². The maximum atomic E-state index is 11.9. The lowest BCUT2D eigenvalue weighted by Gasteiger charge is -2.05. The average molecular weight is 325 g/mol. The van der Waals surface area contributed by atoms with Crippen LogP contribution in [-0.2, 0) is 9.59 Å². The Morgan fingerprint density at radius 3 is 2.74 bits per heavy atom. The Kier molecular flexibility index (Phi) is 4.58. The molecule has 0 radical (unpaired) electrons. The minimum atomic E-state index is -0.0762. The van der Waals surface area contributed by atoms with E-state index in [9.17, 15) is 9.59 Å². The molecule has 1 fully saturated rings. The van der Waals surface area contributed by atoms with Gasteiger partial charge in [0.25, 0.3) is 0 Å². The molecule has 102 valence electrons. The zero-order valence-electron chi connectivity index (χ0n) is 10.8. The Morgan fingerprint density at radius 2 is 2.05 bits per heavy atom. The van der Waals surface area contributed by atoms with Gasteiger partial charge in [0, 0.05) is 30.4 Å². The molecule has 0 saturated heterocycles. The van der Waals surface area contributed by atoms with E-state index in [2.05, 4.69) is 38.7 Å². The summed E-state index contributed by atoms with van der Waals surface area (Å²) in [4.78, 5) is 22.6. The Hall–Kier alpha value is -1.36. The van der Waals surface area contributed by atoms with Crippen molar-refractivity contribution in [1.29, 1.82) is 0 Å². The van der Waals surface area contributed by atoms with Gasteiger partial charge in [0.1, 0.15) is 0 Å². The highest BCUT2D eigenvalue weighted by atomic mass is 79.9. The minimum Gasteiger partial charge on any atom is -0.355 e. The van der Waals surface area contributed by atoms with Crippen LogP contribution in [0.15, 0.2) is 28.7 Å². The zero-order valence-corrected chi connectivity index (χ0v) is 12.4. The lowest BCUT2D eigenvalue weighted by molar-refractivity contribution is -0.123. The molecule has 1 aliphatic rings. The monoisotopic (exact) mass is 324 g/mol. The Morgan fingerprint density at radius 1 is 1.32 bits per heavy atom. The largest absolute Gasteiger partial charge is 0.355 e. The molecule has 2 amide bonds. The standard InChI is InChI=1S/C14H17BrN2O2/c1-9(18)16-5-6-17-14(19)13-8-12(13)10-3-2-4-11(15)7-10/h2-4,7,12-13H,5-6,8H2,1H3,(H,16,18)(H,17,19)/t12-,13-/m1/s1. The quantitative estimate of drug-likeness (QED) is 0.811. The van der Waals surface area contributed by atoms with Gasteiger partial charge < -0.3 is 10.6 Å². The van der Waals surface area contributed by atoms with Crippen molar-refractivity contribution in [3.8, 4) is 0 Å². The molecule has 1 saturated carbocycles. The predicted octanol–water partition coefficient (Wildman–Crippen LogP) is 1.80. The van der Waals surface area contributed by atoms with Crippen LogP contribution < -0.4 is 10.6 Å². The fraction of sp³-hybridized carbons (Fsp3) is 0.429. The topological polar surface area (TPSA) is 58.2 Å². The molecule has 0 aromatic heterocycles. The first-order valence-corrected chi connectivity index (χ1v) is 7.15. The van der Waals surface area contributed by atoms with Crippen molar-refractivity contribution in [1.82, 2.24) is 10.6 Å². The van der Waals surface area contributed by atoms with Crippen LogP contribution in [0.25, 0.3) is 0 Å². The SMILES string of the molecule is CC(=O)NCCNC(=O)[C@@H]1C[C@@H]1c1cccc(Br)c1. The lowest BCUT2D eigenvalue weighted by Crippen LogP contribution is -2.34. The van der Waals surface area contributed by atoms with Crippen molar-refractivity contribution in [3.63, 3.8) is 0 Å². The van der Waals surface area contributed by atoms with Crippen LogP contribution in [-0.4, -0.2) is 24.9 Å². The Balaban J connectivity index is 1.76. The van der Waals surface area contributed by atoms with E-state index in [0.29, 0.717) is 19.0 Å². The highest BCUT2D eigenvalue weighted by Crippen LogP contribution is 2.47. The first-order valence-electron chi connectivity index (χ1n) is 6.35. The van der Waals surface area contributed by atoms with Crippen LogP contribution in [0.4, 0.5) is 0 Å². The van der Waals surface area contributed by atoms with E-state index in [1.807, 2.05) is 12.1 Å². The van der Waals surface area contributed by atoms with Crippen LogP contribution in [0.5, 0.6) is 0 Å². The van der Waals surface area contributed by atoms with Crippen LogP contribution in [0.3, 0.4) is 0 Å². The number of benzene rings is 1. The maximum Gasteiger partial charge on any atom is 0.223 e. The molecule has 19 heavy (non-hydrogen) atoms. The number of amides is 2. The molecule has 0 heterocycles. The number of nitrogens with one attached hydrogen (secondary N) is 2. The molecule has 5 heteroatoms. The molecule has 4 nitrogen and oxygen atoms in total. The van der Waals surface area contributed by atoms with Crippen molar-refractivity contribution in [2.75, 3.05) is 13.1 Å². The first-order chi connectivity index (χ1) is 9.08. The summed E-state index contributed by atoms with van der Waals surface area (Å²) in [5.41, 5.74) is 1.20. The third kappa shape index (κ3) is 4.06. The normalized spacial score (nSPS) is 20.7. The minimum absolute atomic E-state index is 0.0756. The Labute approximate surface area is 121 Å². The highest BCUT2D eigenvalue weighted by molar-refractivity contribution is 9.10. The van der Waals surface area contributed by atoms with Crippen LogP contribution in [0, 0.1) is 5.92 Å². The van der Waals surface area contributed by atoms with Crippen molar-refractivity contribution < 1.29 is 9.59 Å². The van der Waals surface area contributed by atoms with Crippen LogP contribution >= 0.6 is 15.9 Å². The maximum absolute atomic E-state index is 11.9. The molecule has 1 aliphatic carbocycles. The number of halogens is 1. The van der Waals surface area contributed by atoms with E-state index in [-0.39, 0.29) is 17.7 Å². The third-order valence-electron chi connectivity index (χ3n) is 3.20. The molecule has 1 aromatic rings. The summed E-state index contributed by atoms with van der Waals surface area (Å²) in [6.45, 7) is 2.43. The predicted molar refractivity (Wildman–Crippen MR) is 76.7 cm³/mol.